The number of primary amides is 1. The second kappa shape index (κ2) is 7.34. The minimum atomic E-state index is -0.734. The summed E-state index contributed by atoms with van der Waals surface area (Å²) in [5.74, 6) is 0. The van der Waals surface area contributed by atoms with Crippen LogP contribution in [0, 0.1) is 32.2 Å². The van der Waals surface area contributed by atoms with Crippen LogP contribution >= 0.6 is 22.6 Å². The number of nitrogens with two attached hydrogens (primary N) is 1. The van der Waals surface area contributed by atoms with Gasteiger partial charge in [0.05, 0.1) is 21.5 Å². The molecule has 1 heterocycles. The van der Waals surface area contributed by atoms with Crippen molar-refractivity contribution in [2.24, 2.45) is 27.4 Å². The lowest BCUT2D eigenvalue weighted by Gasteiger charge is -2.69. The molecule has 4 bridgehead atoms. The van der Waals surface area contributed by atoms with Gasteiger partial charge in [-0.1, -0.05) is 34.6 Å². The maximum Gasteiger partial charge on any atom is 0.404 e. The van der Waals surface area contributed by atoms with E-state index in [9.17, 15) is 4.79 Å². The van der Waals surface area contributed by atoms with Crippen LogP contribution in [-0.4, -0.2) is 34.2 Å². The fraction of sp³-hybridized carbons (Fsp3) is 0.833. The smallest absolute Gasteiger partial charge is 0.404 e. The van der Waals surface area contributed by atoms with E-state index in [1.54, 1.807) is 0 Å². The Hall–Kier alpha value is -0.830. The van der Waals surface area contributed by atoms with Gasteiger partial charge in [0.15, 0.2) is 0 Å². The highest BCUT2D eigenvalue weighted by Crippen LogP contribution is 2.72. The van der Waals surface area contributed by atoms with Crippen molar-refractivity contribution in [1.82, 2.24) is 9.78 Å². The van der Waals surface area contributed by atoms with Crippen LogP contribution in [0.5, 0.6) is 0 Å². The number of carbonyl (C=O) groups excluding carboxylic acids is 1. The van der Waals surface area contributed by atoms with Crippen LogP contribution in [0.15, 0.2) is 6.20 Å². The van der Waals surface area contributed by atoms with Gasteiger partial charge in [-0.2, -0.15) is 5.10 Å². The molecule has 0 aromatic carbocycles. The Morgan fingerprint density at radius 2 is 1.81 bits per heavy atom. The molecule has 7 heteroatoms. The molecular formula is C24H38IN3O3. The van der Waals surface area contributed by atoms with Gasteiger partial charge in [0.1, 0.15) is 6.61 Å². The zero-order valence-corrected chi connectivity index (χ0v) is 22.0. The van der Waals surface area contributed by atoms with Crippen molar-refractivity contribution in [3.63, 3.8) is 0 Å². The molecule has 3 unspecified atom stereocenters. The van der Waals surface area contributed by atoms with Gasteiger partial charge < -0.3 is 15.2 Å². The van der Waals surface area contributed by atoms with Gasteiger partial charge in [-0.05, 0) is 89.7 Å². The summed E-state index contributed by atoms with van der Waals surface area (Å²) in [6.45, 7) is 14.7. The van der Waals surface area contributed by atoms with E-state index in [1.807, 2.05) is 6.20 Å². The predicted octanol–water partition coefficient (Wildman–Crippen LogP) is 5.44. The number of aromatic nitrogens is 2. The quantitative estimate of drug-likeness (QED) is 0.485. The van der Waals surface area contributed by atoms with E-state index in [4.69, 9.17) is 20.3 Å². The molecule has 1 amide bonds. The van der Waals surface area contributed by atoms with Gasteiger partial charge in [0.25, 0.3) is 0 Å². The summed E-state index contributed by atoms with van der Waals surface area (Å²) in [7, 11) is 0. The largest absolute Gasteiger partial charge is 0.447 e. The first-order valence-corrected chi connectivity index (χ1v) is 12.5. The van der Waals surface area contributed by atoms with E-state index < -0.39 is 6.09 Å². The summed E-state index contributed by atoms with van der Waals surface area (Å²) in [6.07, 6.45) is 7.98. The zero-order chi connectivity index (χ0) is 22.9. The lowest BCUT2D eigenvalue weighted by atomic mass is 9.39. The van der Waals surface area contributed by atoms with Crippen LogP contribution in [0.25, 0.3) is 0 Å². The monoisotopic (exact) mass is 543 g/mol. The van der Waals surface area contributed by atoms with E-state index in [1.165, 1.54) is 28.5 Å². The Kier molecular flexibility index (Phi) is 5.52. The molecule has 3 atom stereocenters. The average molecular weight is 543 g/mol. The molecule has 6 nitrogen and oxygen atoms in total. The number of ether oxygens (including phenoxy) is 2. The lowest BCUT2D eigenvalue weighted by Crippen LogP contribution is -2.65. The molecule has 4 saturated carbocycles. The van der Waals surface area contributed by atoms with E-state index in [-0.39, 0.29) is 40.0 Å². The van der Waals surface area contributed by atoms with Crippen molar-refractivity contribution in [1.29, 1.82) is 0 Å². The molecule has 4 aliphatic rings. The molecule has 31 heavy (non-hydrogen) atoms. The van der Waals surface area contributed by atoms with Gasteiger partial charge in [-0.3, -0.25) is 4.68 Å². The molecular weight excluding hydrogens is 505 g/mol. The first-order chi connectivity index (χ1) is 14.2. The van der Waals surface area contributed by atoms with Crippen molar-refractivity contribution in [3.05, 3.63) is 15.5 Å². The van der Waals surface area contributed by atoms with E-state index in [2.05, 4.69) is 68.8 Å². The normalized spacial score (nSPS) is 37.8. The van der Waals surface area contributed by atoms with Gasteiger partial charge >= 0.3 is 6.09 Å². The number of rotatable bonds is 6. The second-order valence-corrected chi connectivity index (χ2v) is 13.9. The van der Waals surface area contributed by atoms with Crippen molar-refractivity contribution in [2.45, 2.75) is 98.3 Å². The van der Waals surface area contributed by atoms with Crippen LogP contribution in [0.1, 0.15) is 78.8 Å². The van der Waals surface area contributed by atoms with Gasteiger partial charge in [0, 0.05) is 12.2 Å². The molecule has 4 aliphatic carbocycles. The van der Waals surface area contributed by atoms with Crippen LogP contribution in [0.2, 0.25) is 0 Å². The highest BCUT2D eigenvalue weighted by atomic mass is 127. The van der Waals surface area contributed by atoms with E-state index >= 15 is 0 Å². The number of hydrogen-bond donors (Lipinski definition) is 1. The number of nitrogens with zero attached hydrogens (tertiary/aromatic N) is 2. The van der Waals surface area contributed by atoms with Gasteiger partial charge in [-0.15, -0.1) is 0 Å². The minimum absolute atomic E-state index is 0.150. The topological polar surface area (TPSA) is 79.4 Å². The Morgan fingerprint density at radius 1 is 1.19 bits per heavy atom. The number of carbonyl (C=O) groups is 1. The third-order valence-electron chi connectivity index (χ3n) is 7.92. The third kappa shape index (κ3) is 4.50. The molecule has 0 spiro atoms. The summed E-state index contributed by atoms with van der Waals surface area (Å²) in [6, 6.07) is 0. The van der Waals surface area contributed by atoms with Gasteiger partial charge in [0.2, 0.25) is 0 Å². The van der Waals surface area contributed by atoms with Crippen LogP contribution in [-0.2, 0) is 16.0 Å². The Balaban J connectivity index is 1.66. The Morgan fingerprint density at radius 3 is 2.29 bits per heavy atom. The van der Waals surface area contributed by atoms with E-state index in [0.29, 0.717) is 0 Å². The third-order valence-corrected chi connectivity index (χ3v) is 8.97. The Bertz CT molecular complexity index is 856. The molecule has 1 aromatic rings. The molecule has 2 N–H and O–H groups in total. The van der Waals surface area contributed by atoms with Crippen molar-refractivity contribution in [3.8, 4) is 0 Å². The minimum Gasteiger partial charge on any atom is -0.447 e. The molecule has 0 saturated heterocycles. The number of halogens is 1. The predicted molar refractivity (Wildman–Crippen MR) is 129 cm³/mol. The summed E-state index contributed by atoms with van der Waals surface area (Å²) in [4.78, 5) is 11.3. The maximum absolute atomic E-state index is 11.3. The average Bonchev–Trinajstić information content (AvgIpc) is 2.85. The molecule has 0 aliphatic heterocycles. The molecule has 174 valence electrons. The highest BCUT2D eigenvalue weighted by Gasteiger charge is 2.66. The van der Waals surface area contributed by atoms with Crippen molar-refractivity contribution in [2.75, 3.05) is 6.61 Å². The summed E-state index contributed by atoms with van der Waals surface area (Å²) >= 11 is 2.37. The SMILES string of the molecule is Cc1c(I)cnn1CC12CC3(C)CC(C)(C1)CC(OC(COC(N)=O)C(C)(C)C)(C3)C2. The fourth-order valence-electron chi connectivity index (χ4n) is 7.94. The summed E-state index contributed by atoms with van der Waals surface area (Å²) < 4.78 is 15.7. The highest BCUT2D eigenvalue weighted by molar-refractivity contribution is 14.1. The van der Waals surface area contributed by atoms with Crippen LogP contribution in [0.4, 0.5) is 4.79 Å². The zero-order valence-electron chi connectivity index (χ0n) is 19.9. The summed E-state index contributed by atoms with van der Waals surface area (Å²) in [5.41, 5.74) is 6.92. The summed E-state index contributed by atoms with van der Waals surface area (Å²) in [5, 5.41) is 4.71. The van der Waals surface area contributed by atoms with Crippen LogP contribution in [0.3, 0.4) is 0 Å². The van der Waals surface area contributed by atoms with Gasteiger partial charge in [-0.25, -0.2) is 4.79 Å². The molecule has 1 aromatic heterocycles. The molecule has 5 rings (SSSR count). The van der Waals surface area contributed by atoms with Crippen molar-refractivity contribution < 1.29 is 14.3 Å². The Labute approximate surface area is 200 Å². The van der Waals surface area contributed by atoms with E-state index in [0.717, 1.165) is 25.8 Å². The molecule has 4 fully saturated rings. The number of hydrogen-bond acceptors (Lipinski definition) is 4. The second-order valence-electron chi connectivity index (χ2n) is 12.7. The molecule has 0 radical (unpaired) electrons. The maximum atomic E-state index is 11.3. The fourth-order valence-corrected chi connectivity index (χ4v) is 8.35. The number of amides is 1. The van der Waals surface area contributed by atoms with Crippen LogP contribution < -0.4 is 5.73 Å². The standard InChI is InChI=1S/C24H38IN3O3/c1-16-17(25)7-27-28(16)15-23-10-21(5)9-22(6,11-23)13-24(12-21,14-23)31-18(20(2,3)4)8-30-19(26)29/h7,18H,8-15H2,1-6H3,(H2,26,29). The first-order valence-electron chi connectivity index (χ1n) is 11.4. The van der Waals surface area contributed by atoms with Crippen molar-refractivity contribution >= 4 is 28.7 Å². The lowest BCUT2D eigenvalue weighted by molar-refractivity contribution is -0.275. The first kappa shape index (κ1) is 23.3.